The van der Waals surface area contributed by atoms with Gasteiger partial charge in [0.05, 0.1) is 22.2 Å². The van der Waals surface area contributed by atoms with Crippen LogP contribution in [0.1, 0.15) is 19.7 Å². The minimum atomic E-state index is -0.813. The molecule has 5 heteroatoms. The van der Waals surface area contributed by atoms with Crippen molar-refractivity contribution in [3.63, 3.8) is 0 Å². The standard InChI is InChI=1S/C12H14N2O2S/c1-12(2,11(15)16)6-10-13-7-8(14-10)9-4-3-5-17-9/h3-5,7H,6H2,1-2H3,(H,13,14)(H,15,16). The van der Waals surface area contributed by atoms with Gasteiger partial charge in [0.1, 0.15) is 5.82 Å². The molecule has 2 heterocycles. The van der Waals surface area contributed by atoms with Crippen LogP contribution >= 0.6 is 11.3 Å². The third-order valence-corrected chi connectivity index (χ3v) is 3.51. The predicted molar refractivity (Wildman–Crippen MR) is 67.0 cm³/mol. The van der Waals surface area contributed by atoms with Crippen LogP contribution in [-0.2, 0) is 11.2 Å². The molecule has 4 nitrogen and oxygen atoms in total. The van der Waals surface area contributed by atoms with E-state index in [4.69, 9.17) is 5.11 Å². The zero-order chi connectivity index (χ0) is 12.5. The number of nitrogens with one attached hydrogen (secondary N) is 1. The van der Waals surface area contributed by atoms with E-state index < -0.39 is 11.4 Å². The topological polar surface area (TPSA) is 66.0 Å². The van der Waals surface area contributed by atoms with Crippen molar-refractivity contribution in [2.45, 2.75) is 20.3 Å². The molecular formula is C12H14N2O2S. The molecule has 0 aliphatic rings. The fourth-order valence-corrected chi connectivity index (χ4v) is 2.20. The molecule has 0 atom stereocenters. The minimum Gasteiger partial charge on any atom is -0.481 e. The number of thiophene rings is 1. The Morgan fingerprint density at radius 3 is 2.94 bits per heavy atom. The van der Waals surface area contributed by atoms with Crippen LogP contribution in [-0.4, -0.2) is 21.0 Å². The molecule has 2 N–H and O–H groups in total. The summed E-state index contributed by atoms with van der Waals surface area (Å²) in [4.78, 5) is 19.5. The summed E-state index contributed by atoms with van der Waals surface area (Å²) in [5, 5.41) is 11.1. The van der Waals surface area contributed by atoms with E-state index in [9.17, 15) is 4.79 Å². The highest BCUT2D eigenvalue weighted by atomic mass is 32.1. The van der Waals surface area contributed by atoms with E-state index >= 15 is 0 Å². The van der Waals surface area contributed by atoms with E-state index in [0.29, 0.717) is 12.2 Å². The Bertz CT molecular complexity index is 514. The molecular weight excluding hydrogens is 236 g/mol. The molecule has 17 heavy (non-hydrogen) atoms. The number of nitrogens with zero attached hydrogens (tertiary/aromatic N) is 1. The number of carbonyl (C=O) groups is 1. The summed E-state index contributed by atoms with van der Waals surface area (Å²) < 4.78 is 0. The van der Waals surface area contributed by atoms with Gasteiger partial charge in [-0.1, -0.05) is 6.07 Å². The van der Waals surface area contributed by atoms with E-state index in [0.717, 1.165) is 10.6 Å². The highest BCUT2D eigenvalue weighted by Gasteiger charge is 2.28. The molecule has 2 aromatic rings. The maximum atomic E-state index is 11.0. The molecule has 0 amide bonds. The Labute approximate surface area is 103 Å². The van der Waals surface area contributed by atoms with Crippen molar-refractivity contribution in [3.8, 4) is 10.6 Å². The van der Waals surface area contributed by atoms with Gasteiger partial charge in [-0.05, 0) is 25.3 Å². The van der Waals surface area contributed by atoms with Crippen LogP contribution in [0.15, 0.2) is 23.7 Å². The maximum absolute atomic E-state index is 11.0. The molecule has 0 spiro atoms. The lowest BCUT2D eigenvalue weighted by Crippen LogP contribution is -2.26. The average molecular weight is 250 g/mol. The lowest BCUT2D eigenvalue weighted by atomic mass is 9.89. The van der Waals surface area contributed by atoms with Gasteiger partial charge >= 0.3 is 5.97 Å². The summed E-state index contributed by atoms with van der Waals surface area (Å²) in [5.41, 5.74) is 0.140. The normalized spacial score (nSPS) is 11.6. The Kier molecular flexibility index (Phi) is 3.02. The first-order valence-electron chi connectivity index (χ1n) is 5.30. The first kappa shape index (κ1) is 11.9. The number of imidazole rings is 1. The van der Waals surface area contributed by atoms with Crippen molar-refractivity contribution in [1.82, 2.24) is 9.97 Å². The van der Waals surface area contributed by atoms with Gasteiger partial charge in [0.15, 0.2) is 0 Å². The molecule has 0 unspecified atom stereocenters. The lowest BCUT2D eigenvalue weighted by Gasteiger charge is -2.16. The number of aliphatic carboxylic acids is 1. The van der Waals surface area contributed by atoms with Gasteiger partial charge in [0, 0.05) is 6.42 Å². The summed E-state index contributed by atoms with van der Waals surface area (Å²) in [6.45, 7) is 3.39. The molecule has 0 fully saturated rings. The summed E-state index contributed by atoms with van der Waals surface area (Å²) >= 11 is 1.63. The van der Waals surface area contributed by atoms with Crippen LogP contribution in [0.5, 0.6) is 0 Å². The zero-order valence-corrected chi connectivity index (χ0v) is 10.5. The quantitative estimate of drug-likeness (QED) is 0.876. The molecule has 2 rings (SSSR count). The SMILES string of the molecule is CC(C)(Cc1ncc(-c2cccs2)[nH]1)C(=O)O. The van der Waals surface area contributed by atoms with Gasteiger partial charge in [-0.2, -0.15) is 0 Å². The number of aromatic amines is 1. The molecule has 0 bridgehead atoms. The van der Waals surface area contributed by atoms with Crippen molar-refractivity contribution in [2.75, 3.05) is 0 Å². The van der Waals surface area contributed by atoms with Crippen LogP contribution in [0.4, 0.5) is 0 Å². The summed E-state index contributed by atoms with van der Waals surface area (Å²) in [7, 11) is 0. The lowest BCUT2D eigenvalue weighted by molar-refractivity contribution is -0.146. The number of carboxylic acid groups (broad SMARTS) is 1. The van der Waals surface area contributed by atoms with E-state index in [-0.39, 0.29) is 0 Å². The van der Waals surface area contributed by atoms with Crippen molar-refractivity contribution in [1.29, 1.82) is 0 Å². The van der Waals surface area contributed by atoms with Crippen molar-refractivity contribution in [2.24, 2.45) is 5.41 Å². The maximum Gasteiger partial charge on any atom is 0.309 e. The van der Waals surface area contributed by atoms with Crippen LogP contribution < -0.4 is 0 Å². The molecule has 0 aliphatic heterocycles. The molecule has 0 saturated carbocycles. The summed E-state index contributed by atoms with van der Waals surface area (Å²) in [6.07, 6.45) is 2.15. The van der Waals surface area contributed by atoms with E-state index in [1.165, 1.54) is 0 Å². The molecule has 0 radical (unpaired) electrons. The smallest absolute Gasteiger partial charge is 0.309 e. The van der Waals surface area contributed by atoms with E-state index in [1.54, 1.807) is 31.4 Å². The second-order valence-electron chi connectivity index (χ2n) is 4.59. The number of hydrogen-bond donors (Lipinski definition) is 2. The summed E-state index contributed by atoms with van der Waals surface area (Å²) in [6, 6.07) is 3.98. The Hall–Kier alpha value is -1.62. The Morgan fingerprint density at radius 2 is 2.35 bits per heavy atom. The second-order valence-corrected chi connectivity index (χ2v) is 5.53. The third-order valence-electron chi connectivity index (χ3n) is 2.60. The first-order chi connectivity index (χ1) is 7.99. The number of hydrogen-bond acceptors (Lipinski definition) is 3. The van der Waals surface area contributed by atoms with Crippen LogP contribution in [0.25, 0.3) is 10.6 Å². The first-order valence-corrected chi connectivity index (χ1v) is 6.18. The molecule has 2 aromatic heterocycles. The van der Waals surface area contributed by atoms with Gasteiger partial charge < -0.3 is 10.1 Å². The van der Waals surface area contributed by atoms with E-state index in [2.05, 4.69) is 9.97 Å². The van der Waals surface area contributed by atoms with Gasteiger partial charge in [-0.3, -0.25) is 4.79 Å². The number of carboxylic acids is 1. The highest BCUT2D eigenvalue weighted by molar-refractivity contribution is 7.13. The van der Waals surface area contributed by atoms with Gasteiger partial charge in [0.2, 0.25) is 0 Å². The largest absolute Gasteiger partial charge is 0.481 e. The zero-order valence-electron chi connectivity index (χ0n) is 9.73. The molecule has 0 saturated heterocycles. The van der Waals surface area contributed by atoms with E-state index in [1.807, 2.05) is 17.5 Å². The van der Waals surface area contributed by atoms with Crippen LogP contribution in [0.3, 0.4) is 0 Å². The fourth-order valence-electron chi connectivity index (χ4n) is 1.50. The molecule has 0 aliphatic carbocycles. The van der Waals surface area contributed by atoms with Crippen molar-refractivity contribution < 1.29 is 9.90 Å². The fraction of sp³-hybridized carbons (Fsp3) is 0.333. The van der Waals surface area contributed by atoms with Crippen molar-refractivity contribution in [3.05, 3.63) is 29.5 Å². The monoisotopic (exact) mass is 250 g/mol. The highest BCUT2D eigenvalue weighted by Crippen LogP contribution is 2.25. The third kappa shape index (κ3) is 2.55. The Morgan fingerprint density at radius 1 is 1.59 bits per heavy atom. The van der Waals surface area contributed by atoms with Gasteiger partial charge in [-0.25, -0.2) is 4.98 Å². The predicted octanol–water partition coefficient (Wildman–Crippen LogP) is 2.79. The number of H-pyrrole nitrogens is 1. The number of aromatic nitrogens is 2. The Balaban J connectivity index is 2.17. The van der Waals surface area contributed by atoms with Crippen molar-refractivity contribution >= 4 is 17.3 Å². The van der Waals surface area contributed by atoms with Crippen LogP contribution in [0.2, 0.25) is 0 Å². The molecule has 0 aromatic carbocycles. The second kappa shape index (κ2) is 4.33. The van der Waals surface area contributed by atoms with Gasteiger partial charge in [-0.15, -0.1) is 11.3 Å². The molecule has 90 valence electrons. The number of rotatable bonds is 4. The average Bonchev–Trinajstić information content (AvgIpc) is 2.85. The minimum absolute atomic E-state index is 0.397. The summed E-state index contributed by atoms with van der Waals surface area (Å²) in [5.74, 6) is -0.104. The van der Waals surface area contributed by atoms with Crippen LogP contribution in [0, 0.1) is 5.41 Å². The van der Waals surface area contributed by atoms with Gasteiger partial charge in [0.25, 0.3) is 0 Å².